The van der Waals surface area contributed by atoms with Crippen molar-refractivity contribution in [3.05, 3.63) is 53.7 Å². The summed E-state index contributed by atoms with van der Waals surface area (Å²) in [5.41, 5.74) is 1.58. The number of morpholine rings is 1. The molecule has 172 valence electrons. The number of nitrogens with one attached hydrogen (secondary N) is 1. The molecule has 0 unspecified atom stereocenters. The first-order valence-electron chi connectivity index (χ1n) is 11.5. The fraction of sp³-hybridized carbons (Fsp3) is 0.480. The molecule has 0 spiro atoms. The van der Waals surface area contributed by atoms with E-state index in [0.29, 0.717) is 31.9 Å². The number of rotatable bonds is 12. The van der Waals surface area contributed by atoms with Crippen LogP contribution in [-0.2, 0) is 16.1 Å². The van der Waals surface area contributed by atoms with E-state index < -0.39 is 0 Å². The van der Waals surface area contributed by atoms with E-state index in [4.69, 9.17) is 9.47 Å². The summed E-state index contributed by atoms with van der Waals surface area (Å²) in [7, 11) is 0. The van der Waals surface area contributed by atoms with Crippen LogP contribution in [0.4, 0.5) is 5.82 Å². The molecule has 2 heterocycles. The van der Waals surface area contributed by atoms with Gasteiger partial charge in [0.15, 0.2) is 5.78 Å². The average molecular weight is 440 g/mol. The molecule has 2 aromatic rings. The summed E-state index contributed by atoms with van der Waals surface area (Å²) in [6.07, 6.45) is 5.43. The van der Waals surface area contributed by atoms with Crippen LogP contribution in [-0.4, -0.2) is 49.6 Å². The standard InChI is InChI=1S/C25H33N3O4/c1-2-3-4-15-32-22-7-5-21(6-8-22)23(29)9-10-25(30)27-19-20-11-12-26-24(18-20)28-13-16-31-17-14-28/h5-8,11-12,18H,2-4,9-10,13-17,19H2,1H3,(H,27,30). The zero-order valence-corrected chi connectivity index (χ0v) is 18.8. The minimum absolute atomic E-state index is 0.0452. The number of ketones is 1. The molecule has 0 radical (unpaired) electrons. The van der Waals surface area contributed by atoms with Gasteiger partial charge in [-0.15, -0.1) is 0 Å². The predicted molar refractivity (Wildman–Crippen MR) is 124 cm³/mol. The van der Waals surface area contributed by atoms with Gasteiger partial charge in [0.1, 0.15) is 11.6 Å². The molecule has 0 bridgehead atoms. The number of carbonyl (C=O) groups is 2. The van der Waals surface area contributed by atoms with E-state index in [1.165, 1.54) is 0 Å². The molecule has 32 heavy (non-hydrogen) atoms. The Morgan fingerprint density at radius 3 is 2.62 bits per heavy atom. The second-order valence-corrected chi connectivity index (χ2v) is 7.90. The highest BCUT2D eigenvalue weighted by Crippen LogP contribution is 2.16. The molecule has 1 amide bonds. The van der Waals surface area contributed by atoms with Crippen molar-refractivity contribution >= 4 is 17.5 Å². The van der Waals surface area contributed by atoms with Crippen molar-refractivity contribution in [2.24, 2.45) is 0 Å². The van der Waals surface area contributed by atoms with Crippen LogP contribution < -0.4 is 15.0 Å². The first-order chi connectivity index (χ1) is 15.7. The highest BCUT2D eigenvalue weighted by atomic mass is 16.5. The lowest BCUT2D eigenvalue weighted by molar-refractivity contribution is -0.121. The molecule has 1 saturated heterocycles. The topological polar surface area (TPSA) is 80.8 Å². The van der Waals surface area contributed by atoms with E-state index in [1.54, 1.807) is 18.3 Å². The molecule has 1 aliphatic rings. The van der Waals surface area contributed by atoms with Crippen molar-refractivity contribution in [2.45, 2.75) is 45.6 Å². The molecule has 1 aromatic carbocycles. The molecular weight excluding hydrogens is 406 g/mol. The fourth-order valence-electron chi connectivity index (χ4n) is 3.48. The van der Waals surface area contributed by atoms with E-state index in [-0.39, 0.29) is 24.5 Å². The summed E-state index contributed by atoms with van der Waals surface area (Å²) >= 11 is 0. The number of carbonyl (C=O) groups excluding carboxylic acids is 2. The van der Waals surface area contributed by atoms with E-state index in [1.807, 2.05) is 24.3 Å². The van der Waals surface area contributed by atoms with E-state index in [9.17, 15) is 9.59 Å². The lowest BCUT2D eigenvalue weighted by atomic mass is 10.1. The Morgan fingerprint density at radius 1 is 1.09 bits per heavy atom. The van der Waals surface area contributed by atoms with Crippen molar-refractivity contribution in [3.8, 4) is 5.75 Å². The lowest BCUT2D eigenvalue weighted by Crippen LogP contribution is -2.36. The number of nitrogens with zero attached hydrogens (tertiary/aromatic N) is 2. The third-order valence-corrected chi connectivity index (χ3v) is 5.41. The minimum atomic E-state index is -0.140. The molecule has 1 aromatic heterocycles. The molecule has 3 rings (SSSR count). The van der Waals surface area contributed by atoms with E-state index in [2.05, 4.69) is 22.1 Å². The van der Waals surface area contributed by atoms with Crippen LogP contribution in [0, 0.1) is 0 Å². The number of Topliss-reactive ketones (excluding diaryl/α,β-unsaturated/α-hetero) is 1. The Hall–Kier alpha value is -2.93. The van der Waals surface area contributed by atoms with Crippen LogP contribution in [0.15, 0.2) is 42.6 Å². The summed E-state index contributed by atoms with van der Waals surface area (Å²) in [6, 6.07) is 11.0. The number of hydrogen-bond donors (Lipinski definition) is 1. The van der Waals surface area contributed by atoms with Crippen LogP contribution in [0.3, 0.4) is 0 Å². The Labute approximate surface area is 190 Å². The lowest BCUT2D eigenvalue weighted by Gasteiger charge is -2.28. The van der Waals surface area contributed by atoms with Gasteiger partial charge < -0.3 is 19.7 Å². The number of unbranched alkanes of at least 4 members (excludes halogenated alkanes) is 2. The van der Waals surface area contributed by atoms with Gasteiger partial charge in [-0.3, -0.25) is 9.59 Å². The van der Waals surface area contributed by atoms with Crippen molar-refractivity contribution < 1.29 is 19.1 Å². The third kappa shape index (κ3) is 7.64. The fourth-order valence-corrected chi connectivity index (χ4v) is 3.48. The second kappa shape index (κ2) is 12.8. The Bertz CT molecular complexity index is 864. The highest BCUT2D eigenvalue weighted by molar-refractivity contribution is 5.98. The van der Waals surface area contributed by atoms with Gasteiger partial charge >= 0.3 is 0 Å². The monoisotopic (exact) mass is 439 g/mol. The maximum absolute atomic E-state index is 12.4. The Morgan fingerprint density at radius 2 is 1.88 bits per heavy atom. The zero-order valence-electron chi connectivity index (χ0n) is 18.8. The van der Waals surface area contributed by atoms with Gasteiger partial charge in [0, 0.05) is 44.2 Å². The second-order valence-electron chi connectivity index (χ2n) is 7.90. The van der Waals surface area contributed by atoms with E-state index in [0.717, 1.165) is 49.5 Å². The van der Waals surface area contributed by atoms with Crippen molar-refractivity contribution in [3.63, 3.8) is 0 Å². The Kier molecular flexibility index (Phi) is 9.50. The van der Waals surface area contributed by atoms with Gasteiger partial charge in [-0.2, -0.15) is 0 Å². The molecule has 0 saturated carbocycles. The Balaban J connectivity index is 1.39. The summed E-state index contributed by atoms with van der Waals surface area (Å²) in [6.45, 7) is 6.29. The number of hydrogen-bond acceptors (Lipinski definition) is 6. The molecule has 1 aliphatic heterocycles. The predicted octanol–water partition coefficient (Wildman–Crippen LogP) is 3.77. The van der Waals surface area contributed by atoms with Crippen molar-refractivity contribution in [1.82, 2.24) is 10.3 Å². The van der Waals surface area contributed by atoms with Crippen LogP contribution in [0.1, 0.15) is 54.9 Å². The van der Waals surface area contributed by atoms with Crippen LogP contribution in [0.2, 0.25) is 0 Å². The number of anilines is 1. The number of aromatic nitrogens is 1. The van der Waals surface area contributed by atoms with Gasteiger partial charge in [-0.25, -0.2) is 4.98 Å². The normalized spacial score (nSPS) is 13.6. The van der Waals surface area contributed by atoms with Crippen LogP contribution >= 0.6 is 0 Å². The molecule has 1 fully saturated rings. The summed E-state index contributed by atoms with van der Waals surface area (Å²) in [5.74, 6) is 1.48. The molecule has 7 nitrogen and oxygen atoms in total. The quantitative estimate of drug-likeness (QED) is 0.401. The zero-order chi connectivity index (χ0) is 22.6. The maximum atomic E-state index is 12.4. The maximum Gasteiger partial charge on any atom is 0.220 e. The smallest absolute Gasteiger partial charge is 0.220 e. The summed E-state index contributed by atoms with van der Waals surface area (Å²) < 4.78 is 11.1. The number of ether oxygens (including phenoxy) is 2. The van der Waals surface area contributed by atoms with Gasteiger partial charge in [0.2, 0.25) is 5.91 Å². The number of pyridine rings is 1. The first kappa shape index (κ1) is 23.7. The first-order valence-corrected chi connectivity index (χ1v) is 11.5. The molecule has 0 atom stereocenters. The summed E-state index contributed by atoms with van der Waals surface area (Å²) in [4.78, 5) is 31.2. The van der Waals surface area contributed by atoms with Crippen LogP contribution in [0.25, 0.3) is 0 Å². The van der Waals surface area contributed by atoms with Crippen molar-refractivity contribution in [1.29, 1.82) is 0 Å². The van der Waals surface area contributed by atoms with Gasteiger partial charge in [0.05, 0.1) is 19.8 Å². The van der Waals surface area contributed by atoms with Crippen molar-refractivity contribution in [2.75, 3.05) is 37.8 Å². The van der Waals surface area contributed by atoms with Gasteiger partial charge in [0.25, 0.3) is 0 Å². The minimum Gasteiger partial charge on any atom is -0.494 e. The molecule has 0 aliphatic carbocycles. The third-order valence-electron chi connectivity index (χ3n) is 5.41. The van der Waals surface area contributed by atoms with Gasteiger partial charge in [-0.05, 0) is 48.4 Å². The molecule has 1 N–H and O–H groups in total. The molecule has 7 heteroatoms. The van der Waals surface area contributed by atoms with Gasteiger partial charge in [-0.1, -0.05) is 19.8 Å². The number of amides is 1. The average Bonchev–Trinajstić information content (AvgIpc) is 2.85. The molecular formula is C25H33N3O4. The van der Waals surface area contributed by atoms with E-state index >= 15 is 0 Å². The number of benzene rings is 1. The SMILES string of the molecule is CCCCCOc1ccc(C(=O)CCC(=O)NCc2ccnc(N3CCOCC3)c2)cc1. The summed E-state index contributed by atoms with van der Waals surface area (Å²) in [5, 5.41) is 2.90. The highest BCUT2D eigenvalue weighted by Gasteiger charge is 2.13. The van der Waals surface area contributed by atoms with Crippen LogP contribution in [0.5, 0.6) is 5.75 Å². The largest absolute Gasteiger partial charge is 0.494 e.